The van der Waals surface area contributed by atoms with Gasteiger partial charge >= 0.3 is 0 Å². The van der Waals surface area contributed by atoms with E-state index in [0.29, 0.717) is 5.92 Å². The molecule has 0 heterocycles. The highest BCUT2D eigenvalue weighted by Gasteiger charge is 2.04. The Bertz CT molecular complexity index is 302. The quantitative estimate of drug-likeness (QED) is 0.642. The molecule has 1 atom stereocenters. The number of hydrogen-bond donors (Lipinski definition) is 0. The van der Waals surface area contributed by atoms with Crippen LogP contribution in [-0.2, 0) is 0 Å². The highest BCUT2D eigenvalue weighted by Crippen LogP contribution is 2.24. The van der Waals surface area contributed by atoms with Gasteiger partial charge in [0.2, 0.25) is 0 Å². The van der Waals surface area contributed by atoms with Gasteiger partial charge in [-0.1, -0.05) is 25.1 Å². The summed E-state index contributed by atoms with van der Waals surface area (Å²) in [6.45, 7) is 7.94. The zero-order chi connectivity index (χ0) is 9.84. The predicted octanol–water partition coefficient (Wildman–Crippen LogP) is 3.29. The Morgan fingerprint density at radius 1 is 1.46 bits per heavy atom. The van der Waals surface area contributed by atoms with Gasteiger partial charge < -0.3 is 4.74 Å². The normalized spacial score (nSPS) is 12.2. The summed E-state index contributed by atoms with van der Waals surface area (Å²) in [6, 6.07) is 6.26. The summed E-state index contributed by atoms with van der Waals surface area (Å²) in [5, 5.41) is 0. The largest absolute Gasteiger partial charge is 0.496 e. The lowest BCUT2D eigenvalue weighted by Crippen LogP contribution is -1.92. The summed E-state index contributed by atoms with van der Waals surface area (Å²) < 4.78 is 5.25. The molecular formula is C12H16O. The van der Waals surface area contributed by atoms with Gasteiger partial charge in [0.05, 0.1) is 7.11 Å². The van der Waals surface area contributed by atoms with Crippen molar-refractivity contribution in [2.45, 2.75) is 19.8 Å². The van der Waals surface area contributed by atoms with Gasteiger partial charge in [0.15, 0.2) is 0 Å². The highest BCUT2D eigenvalue weighted by molar-refractivity contribution is 5.38. The summed E-state index contributed by atoms with van der Waals surface area (Å²) in [5.74, 6) is 1.33. The summed E-state index contributed by atoms with van der Waals surface area (Å²) in [4.78, 5) is 0. The number of aryl methyl sites for hydroxylation is 1. The second kappa shape index (κ2) is 4.13. The van der Waals surface area contributed by atoms with Crippen LogP contribution in [0.5, 0.6) is 5.75 Å². The standard InChI is InChI=1S/C12H16O/c1-5-9(2)11-7-6-10(3)12(8-11)13-4/h5-9H,1H2,2-4H3/t9-/m0/s1. The van der Waals surface area contributed by atoms with Crippen LogP contribution >= 0.6 is 0 Å². The van der Waals surface area contributed by atoms with E-state index in [-0.39, 0.29) is 0 Å². The van der Waals surface area contributed by atoms with Crippen molar-refractivity contribution in [2.24, 2.45) is 0 Å². The fourth-order valence-corrected chi connectivity index (χ4v) is 1.26. The van der Waals surface area contributed by atoms with Gasteiger partial charge in [-0.2, -0.15) is 0 Å². The van der Waals surface area contributed by atoms with Gasteiger partial charge in [-0.25, -0.2) is 0 Å². The molecule has 0 saturated carbocycles. The van der Waals surface area contributed by atoms with Crippen molar-refractivity contribution < 1.29 is 4.74 Å². The average molecular weight is 176 g/mol. The molecule has 0 unspecified atom stereocenters. The predicted molar refractivity (Wildman–Crippen MR) is 56.3 cm³/mol. The minimum atomic E-state index is 0.384. The average Bonchev–Trinajstić information content (AvgIpc) is 2.17. The third-order valence-corrected chi connectivity index (χ3v) is 2.31. The van der Waals surface area contributed by atoms with Crippen molar-refractivity contribution in [1.82, 2.24) is 0 Å². The third kappa shape index (κ3) is 2.11. The van der Waals surface area contributed by atoms with Crippen LogP contribution in [0.15, 0.2) is 30.9 Å². The molecule has 70 valence electrons. The van der Waals surface area contributed by atoms with E-state index in [1.54, 1.807) is 7.11 Å². The maximum Gasteiger partial charge on any atom is 0.122 e. The minimum Gasteiger partial charge on any atom is -0.496 e. The van der Waals surface area contributed by atoms with Crippen molar-refractivity contribution >= 4 is 0 Å². The number of hydrogen-bond acceptors (Lipinski definition) is 1. The topological polar surface area (TPSA) is 9.23 Å². The van der Waals surface area contributed by atoms with Crippen LogP contribution in [0.1, 0.15) is 24.0 Å². The lowest BCUT2D eigenvalue weighted by atomic mass is 10.00. The van der Waals surface area contributed by atoms with Crippen LogP contribution in [0, 0.1) is 6.92 Å². The van der Waals surface area contributed by atoms with E-state index in [2.05, 4.69) is 31.7 Å². The van der Waals surface area contributed by atoms with E-state index in [0.717, 1.165) is 5.75 Å². The Kier molecular flexibility index (Phi) is 3.13. The first kappa shape index (κ1) is 9.85. The molecule has 0 spiro atoms. The van der Waals surface area contributed by atoms with Crippen LogP contribution in [0.3, 0.4) is 0 Å². The van der Waals surface area contributed by atoms with Crippen molar-refractivity contribution in [3.63, 3.8) is 0 Å². The number of allylic oxidation sites excluding steroid dienone is 1. The van der Waals surface area contributed by atoms with Crippen molar-refractivity contribution in [3.8, 4) is 5.75 Å². The molecule has 0 N–H and O–H groups in total. The highest BCUT2D eigenvalue weighted by atomic mass is 16.5. The molecule has 0 aliphatic carbocycles. The number of rotatable bonds is 3. The van der Waals surface area contributed by atoms with E-state index in [4.69, 9.17) is 4.74 Å². The fourth-order valence-electron chi connectivity index (χ4n) is 1.26. The Morgan fingerprint density at radius 2 is 2.15 bits per heavy atom. The van der Waals surface area contributed by atoms with Gasteiger partial charge in [0, 0.05) is 0 Å². The Hall–Kier alpha value is -1.24. The molecule has 1 rings (SSSR count). The van der Waals surface area contributed by atoms with Crippen molar-refractivity contribution in [3.05, 3.63) is 42.0 Å². The van der Waals surface area contributed by atoms with Crippen LogP contribution in [0.2, 0.25) is 0 Å². The smallest absolute Gasteiger partial charge is 0.122 e. The van der Waals surface area contributed by atoms with E-state index >= 15 is 0 Å². The Morgan fingerprint density at radius 3 is 2.69 bits per heavy atom. The van der Waals surface area contributed by atoms with Gasteiger partial charge in [-0.3, -0.25) is 0 Å². The molecular weight excluding hydrogens is 160 g/mol. The first-order valence-electron chi connectivity index (χ1n) is 4.46. The lowest BCUT2D eigenvalue weighted by Gasteiger charge is -2.10. The SMILES string of the molecule is C=C[C@H](C)c1ccc(C)c(OC)c1. The van der Waals surface area contributed by atoms with Gasteiger partial charge in [-0.15, -0.1) is 6.58 Å². The van der Waals surface area contributed by atoms with E-state index in [1.165, 1.54) is 11.1 Å². The minimum absolute atomic E-state index is 0.384. The molecule has 0 aromatic heterocycles. The maximum atomic E-state index is 5.25. The second-order valence-corrected chi connectivity index (χ2v) is 3.25. The maximum absolute atomic E-state index is 5.25. The summed E-state index contributed by atoms with van der Waals surface area (Å²) in [5.41, 5.74) is 2.42. The summed E-state index contributed by atoms with van der Waals surface area (Å²) in [7, 11) is 1.70. The molecule has 0 amide bonds. The molecule has 0 saturated heterocycles. The van der Waals surface area contributed by atoms with E-state index in [1.807, 2.05) is 13.0 Å². The summed E-state index contributed by atoms with van der Waals surface area (Å²) >= 11 is 0. The zero-order valence-corrected chi connectivity index (χ0v) is 8.50. The van der Waals surface area contributed by atoms with Crippen molar-refractivity contribution in [2.75, 3.05) is 7.11 Å². The number of ether oxygens (including phenoxy) is 1. The van der Waals surface area contributed by atoms with E-state index < -0.39 is 0 Å². The summed E-state index contributed by atoms with van der Waals surface area (Å²) in [6.07, 6.45) is 1.93. The molecule has 0 bridgehead atoms. The molecule has 1 aromatic rings. The molecule has 0 radical (unpaired) electrons. The second-order valence-electron chi connectivity index (χ2n) is 3.25. The Labute approximate surface area is 80.0 Å². The zero-order valence-electron chi connectivity index (χ0n) is 8.50. The molecule has 0 aliphatic heterocycles. The molecule has 0 aliphatic rings. The van der Waals surface area contributed by atoms with Crippen LogP contribution in [0.4, 0.5) is 0 Å². The van der Waals surface area contributed by atoms with Gasteiger partial charge in [-0.05, 0) is 30.0 Å². The van der Waals surface area contributed by atoms with E-state index in [9.17, 15) is 0 Å². The first-order valence-corrected chi connectivity index (χ1v) is 4.46. The molecule has 13 heavy (non-hydrogen) atoms. The first-order chi connectivity index (χ1) is 6.19. The number of benzene rings is 1. The van der Waals surface area contributed by atoms with Crippen LogP contribution < -0.4 is 4.74 Å². The monoisotopic (exact) mass is 176 g/mol. The van der Waals surface area contributed by atoms with Gasteiger partial charge in [0.1, 0.15) is 5.75 Å². The van der Waals surface area contributed by atoms with Crippen molar-refractivity contribution in [1.29, 1.82) is 0 Å². The van der Waals surface area contributed by atoms with Gasteiger partial charge in [0.25, 0.3) is 0 Å². The molecule has 1 nitrogen and oxygen atoms in total. The number of methoxy groups -OCH3 is 1. The molecule has 1 aromatic carbocycles. The molecule has 0 fully saturated rings. The fraction of sp³-hybridized carbons (Fsp3) is 0.333. The molecule has 1 heteroatoms. The Balaban J connectivity index is 3.05. The van der Waals surface area contributed by atoms with Crippen LogP contribution in [-0.4, -0.2) is 7.11 Å². The third-order valence-electron chi connectivity index (χ3n) is 2.31. The van der Waals surface area contributed by atoms with Crippen LogP contribution in [0.25, 0.3) is 0 Å². The lowest BCUT2D eigenvalue weighted by molar-refractivity contribution is 0.411.